The van der Waals surface area contributed by atoms with Crippen LogP contribution in [0.15, 0.2) is 54.7 Å². The van der Waals surface area contributed by atoms with Crippen molar-refractivity contribution in [3.8, 4) is 5.69 Å². The van der Waals surface area contributed by atoms with Gasteiger partial charge in [-0.1, -0.05) is 11.3 Å². The molecule has 0 fully saturated rings. The van der Waals surface area contributed by atoms with Crippen LogP contribution in [0.5, 0.6) is 0 Å². The van der Waals surface area contributed by atoms with Gasteiger partial charge in [-0.3, -0.25) is 4.79 Å². The van der Waals surface area contributed by atoms with Crippen molar-refractivity contribution in [1.82, 2.24) is 25.0 Å². The Hall–Kier alpha value is -3.88. The molecule has 0 aliphatic carbocycles. The molecule has 2 aromatic heterocycles. The highest BCUT2D eigenvalue weighted by Gasteiger charge is 2.11. The molecular formula is C19H16FN7O. The molecular weight excluding hydrogens is 361 g/mol. The summed E-state index contributed by atoms with van der Waals surface area (Å²) in [5.74, 6) is -0.0723. The molecule has 0 bridgehead atoms. The van der Waals surface area contributed by atoms with E-state index in [1.54, 1.807) is 30.3 Å². The Morgan fingerprint density at radius 3 is 2.68 bits per heavy atom. The monoisotopic (exact) mass is 377 g/mol. The number of fused-ring (bicyclic) bond motifs is 1. The number of hydrogen-bond acceptors (Lipinski definition) is 6. The number of halogens is 1. The molecule has 0 aliphatic heterocycles. The van der Waals surface area contributed by atoms with Crippen LogP contribution in [0.1, 0.15) is 6.92 Å². The number of hydrogen-bond donors (Lipinski definition) is 1. The van der Waals surface area contributed by atoms with E-state index in [2.05, 4.69) is 25.6 Å². The van der Waals surface area contributed by atoms with E-state index in [9.17, 15) is 9.18 Å². The molecule has 28 heavy (non-hydrogen) atoms. The Kier molecular flexibility index (Phi) is 4.40. The molecule has 0 saturated carbocycles. The zero-order valence-electron chi connectivity index (χ0n) is 15.2. The summed E-state index contributed by atoms with van der Waals surface area (Å²) in [6, 6.07) is 13.3. The van der Waals surface area contributed by atoms with Gasteiger partial charge in [-0.25, -0.2) is 9.37 Å². The molecule has 0 atom stereocenters. The Morgan fingerprint density at radius 1 is 1.18 bits per heavy atom. The summed E-state index contributed by atoms with van der Waals surface area (Å²) >= 11 is 0. The summed E-state index contributed by atoms with van der Waals surface area (Å²) in [6.07, 6.45) is 1.55. The second-order valence-electron chi connectivity index (χ2n) is 6.13. The first-order valence-corrected chi connectivity index (χ1v) is 8.47. The third-order valence-corrected chi connectivity index (χ3v) is 4.23. The molecule has 0 spiro atoms. The normalized spacial score (nSPS) is 10.8. The van der Waals surface area contributed by atoms with Gasteiger partial charge in [-0.15, -0.1) is 5.10 Å². The first-order valence-electron chi connectivity index (χ1n) is 8.47. The largest absolute Gasteiger partial charge is 0.324 e. The van der Waals surface area contributed by atoms with Crippen molar-refractivity contribution in [2.75, 3.05) is 17.3 Å². The van der Waals surface area contributed by atoms with Gasteiger partial charge in [-0.2, -0.15) is 9.67 Å². The SMILES string of the molecule is CC(=O)N(C)c1ccc(Nc2ncc3nnn(-c4cccc(F)c4)c3n2)cc1. The van der Waals surface area contributed by atoms with Crippen LogP contribution in [0.3, 0.4) is 0 Å². The van der Waals surface area contributed by atoms with E-state index in [1.165, 1.54) is 23.7 Å². The minimum absolute atomic E-state index is 0.0485. The van der Waals surface area contributed by atoms with Gasteiger partial charge in [0.15, 0.2) is 11.2 Å². The Bertz CT molecular complexity index is 1160. The summed E-state index contributed by atoms with van der Waals surface area (Å²) in [7, 11) is 1.71. The van der Waals surface area contributed by atoms with Gasteiger partial charge >= 0.3 is 0 Å². The molecule has 8 nitrogen and oxygen atoms in total. The van der Waals surface area contributed by atoms with Crippen molar-refractivity contribution in [3.63, 3.8) is 0 Å². The summed E-state index contributed by atoms with van der Waals surface area (Å²) in [6.45, 7) is 1.50. The molecule has 4 aromatic rings. The minimum atomic E-state index is -0.371. The molecule has 4 rings (SSSR count). The predicted molar refractivity (Wildman–Crippen MR) is 103 cm³/mol. The maximum atomic E-state index is 13.5. The Morgan fingerprint density at radius 2 is 1.96 bits per heavy atom. The molecule has 0 saturated heterocycles. The number of anilines is 3. The van der Waals surface area contributed by atoms with Crippen LogP contribution in [-0.2, 0) is 4.79 Å². The predicted octanol–water partition coefficient (Wildman–Crippen LogP) is 3.08. The Balaban J connectivity index is 1.63. The van der Waals surface area contributed by atoms with Crippen LogP contribution in [0.25, 0.3) is 16.9 Å². The zero-order chi connectivity index (χ0) is 19.7. The van der Waals surface area contributed by atoms with Gasteiger partial charge in [0, 0.05) is 25.3 Å². The van der Waals surface area contributed by atoms with Gasteiger partial charge < -0.3 is 10.2 Å². The number of carbonyl (C=O) groups is 1. The highest BCUT2D eigenvalue weighted by Crippen LogP contribution is 2.21. The fourth-order valence-electron chi connectivity index (χ4n) is 2.65. The fourth-order valence-corrected chi connectivity index (χ4v) is 2.65. The zero-order valence-corrected chi connectivity index (χ0v) is 15.2. The quantitative estimate of drug-likeness (QED) is 0.588. The lowest BCUT2D eigenvalue weighted by Gasteiger charge is -2.15. The van der Waals surface area contributed by atoms with Crippen LogP contribution < -0.4 is 10.2 Å². The van der Waals surface area contributed by atoms with Crippen molar-refractivity contribution in [2.45, 2.75) is 6.92 Å². The lowest BCUT2D eigenvalue weighted by Crippen LogP contribution is -2.22. The summed E-state index contributed by atoms with van der Waals surface area (Å²) < 4.78 is 15.0. The van der Waals surface area contributed by atoms with E-state index in [1.807, 2.05) is 24.3 Å². The summed E-state index contributed by atoms with van der Waals surface area (Å²) in [4.78, 5) is 21.7. The molecule has 0 radical (unpaired) electrons. The van der Waals surface area contributed by atoms with E-state index in [4.69, 9.17) is 0 Å². The number of nitrogens with zero attached hydrogens (tertiary/aromatic N) is 6. The van der Waals surface area contributed by atoms with Gasteiger partial charge in [0.25, 0.3) is 0 Å². The van der Waals surface area contributed by atoms with Crippen molar-refractivity contribution >= 4 is 34.4 Å². The van der Waals surface area contributed by atoms with E-state index in [0.29, 0.717) is 22.8 Å². The molecule has 0 unspecified atom stereocenters. The van der Waals surface area contributed by atoms with E-state index < -0.39 is 0 Å². The van der Waals surface area contributed by atoms with Gasteiger partial charge in [0.2, 0.25) is 11.9 Å². The fraction of sp³-hybridized carbons (Fsp3) is 0.105. The Labute approximate surface area is 159 Å². The first-order chi connectivity index (χ1) is 13.5. The smallest absolute Gasteiger partial charge is 0.229 e. The van der Waals surface area contributed by atoms with Crippen LogP contribution in [-0.4, -0.2) is 37.9 Å². The number of aromatic nitrogens is 5. The van der Waals surface area contributed by atoms with Crippen LogP contribution in [0, 0.1) is 5.82 Å². The van der Waals surface area contributed by atoms with E-state index >= 15 is 0 Å². The first kappa shape index (κ1) is 17.5. The van der Waals surface area contributed by atoms with Crippen molar-refractivity contribution in [1.29, 1.82) is 0 Å². The highest BCUT2D eigenvalue weighted by atomic mass is 19.1. The third kappa shape index (κ3) is 3.37. The number of rotatable bonds is 4. The second kappa shape index (κ2) is 7.03. The molecule has 1 N–H and O–H groups in total. The van der Waals surface area contributed by atoms with Crippen LogP contribution >= 0.6 is 0 Å². The molecule has 140 valence electrons. The maximum absolute atomic E-state index is 13.5. The van der Waals surface area contributed by atoms with Crippen LogP contribution in [0.2, 0.25) is 0 Å². The average Bonchev–Trinajstić information content (AvgIpc) is 3.11. The van der Waals surface area contributed by atoms with Crippen molar-refractivity contribution in [3.05, 3.63) is 60.5 Å². The van der Waals surface area contributed by atoms with Gasteiger partial charge in [0.05, 0.1) is 11.9 Å². The molecule has 2 heterocycles. The van der Waals surface area contributed by atoms with Crippen molar-refractivity contribution < 1.29 is 9.18 Å². The second-order valence-corrected chi connectivity index (χ2v) is 6.13. The van der Waals surface area contributed by atoms with Crippen molar-refractivity contribution in [2.24, 2.45) is 0 Å². The third-order valence-electron chi connectivity index (χ3n) is 4.23. The lowest BCUT2D eigenvalue weighted by molar-refractivity contribution is -0.116. The van der Waals surface area contributed by atoms with Gasteiger partial charge in [-0.05, 0) is 42.5 Å². The van der Waals surface area contributed by atoms with E-state index in [-0.39, 0.29) is 11.7 Å². The topological polar surface area (TPSA) is 88.8 Å². The average molecular weight is 377 g/mol. The lowest BCUT2D eigenvalue weighted by atomic mass is 10.2. The number of carbonyl (C=O) groups excluding carboxylic acids is 1. The van der Waals surface area contributed by atoms with Crippen LogP contribution in [0.4, 0.5) is 21.7 Å². The molecule has 9 heteroatoms. The summed E-state index contributed by atoms with van der Waals surface area (Å²) in [5, 5.41) is 11.2. The van der Waals surface area contributed by atoms with E-state index in [0.717, 1.165) is 11.4 Å². The molecule has 2 aromatic carbocycles. The summed E-state index contributed by atoms with van der Waals surface area (Å²) in [5.41, 5.74) is 3.00. The number of amides is 1. The minimum Gasteiger partial charge on any atom is -0.324 e. The maximum Gasteiger partial charge on any atom is 0.229 e. The molecule has 1 amide bonds. The highest BCUT2D eigenvalue weighted by molar-refractivity contribution is 5.91. The standard InChI is InChI=1S/C19H16FN7O/c1-12(28)26(2)15-8-6-14(7-9-15)22-19-21-11-17-18(23-19)27(25-24-17)16-5-3-4-13(20)10-16/h3-11H,1-2H3,(H,21,22,23). The number of benzene rings is 2. The van der Waals surface area contributed by atoms with Gasteiger partial charge in [0.1, 0.15) is 5.82 Å². The number of nitrogens with one attached hydrogen (secondary N) is 1. The molecule has 0 aliphatic rings.